The third kappa shape index (κ3) is 3.05. The maximum absolute atomic E-state index is 14.4. The Kier molecular flexibility index (Phi) is 4.39. The number of nitrogens with zero attached hydrogens (tertiary/aromatic N) is 1. The number of methoxy groups -OCH3 is 1. The molecule has 1 aliphatic heterocycles. The number of hydrogen-bond donors (Lipinski definition) is 1. The zero-order valence-electron chi connectivity index (χ0n) is 13.7. The summed E-state index contributed by atoms with van der Waals surface area (Å²) in [7, 11) is 1.02. The molecule has 1 heterocycles. The second kappa shape index (κ2) is 6.51. The van der Waals surface area contributed by atoms with Gasteiger partial charge in [-0.3, -0.25) is 4.90 Å². The van der Waals surface area contributed by atoms with Gasteiger partial charge in [0.2, 0.25) is 0 Å². The summed E-state index contributed by atoms with van der Waals surface area (Å²) in [4.78, 5) is 25.5. The molecule has 2 aromatic carbocycles. The Balaban J connectivity index is 1.88. The summed E-state index contributed by atoms with van der Waals surface area (Å²) in [5, 5.41) is 2.40. The number of rotatable bonds is 2. The highest BCUT2D eigenvalue weighted by molar-refractivity contribution is 6.04. The van der Waals surface area contributed by atoms with Crippen LogP contribution in [0.3, 0.4) is 0 Å². The number of esters is 1. The normalized spacial score (nSPS) is 12.7. The molecule has 0 saturated carbocycles. The average Bonchev–Trinajstić information content (AvgIpc) is 3.00. The number of amides is 2. The predicted octanol–water partition coefficient (Wildman–Crippen LogP) is 3.65. The third-order valence-corrected chi connectivity index (χ3v) is 4.10. The summed E-state index contributed by atoms with van der Waals surface area (Å²) in [5.74, 6) is -3.36. The lowest BCUT2D eigenvalue weighted by atomic mass is 10.1. The molecule has 1 N–H and O–H groups in total. The van der Waals surface area contributed by atoms with Crippen LogP contribution >= 0.6 is 0 Å². The van der Waals surface area contributed by atoms with Gasteiger partial charge in [0, 0.05) is 12.2 Å². The first-order valence-corrected chi connectivity index (χ1v) is 7.66. The zero-order chi connectivity index (χ0) is 18.1. The second-order valence-corrected chi connectivity index (χ2v) is 5.74. The van der Waals surface area contributed by atoms with Gasteiger partial charge in [0.1, 0.15) is 11.4 Å². The van der Waals surface area contributed by atoms with Crippen LogP contribution in [0.5, 0.6) is 0 Å². The number of anilines is 2. The van der Waals surface area contributed by atoms with Crippen LogP contribution in [-0.2, 0) is 11.2 Å². The van der Waals surface area contributed by atoms with Crippen molar-refractivity contribution < 1.29 is 23.1 Å². The first kappa shape index (κ1) is 16.9. The van der Waals surface area contributed by atoms with Gasteiger partial charge in [0.25, 0.3) is 0 Å². The Bertz CT molecular complexity index is 868. The van der Waals surface area contributed by atoms with E-state index in [0.717, 1.165) is 36.1 Å². The summed E-state index contributed by atoms with van der Waals surface area (Å²) in [5.41, 5.74) is 1.66. The van der Waals surface area contributed by atoms with Gasteiger partial charge < -0.3 is 10.1 Å². The molecule has 25 heavy (non-hydrogen) atoms. The fraction of sp³-hybridized carbons (Fsp3) is 0.222. The Morgan fingerprint density at radius 3 is 2.68 bits per heavy atom. The van der Waals surface area contributed by atoms with Crippen LogP contribution in [0.2, 0.25) is 0 Å². The van der Waals surface area contributed by atoms with Crippen LogP contribution in [0.4, 0.5) is 25.0 Å². The van der Waals surface area contributed by atoms with Crippen molar-refractivity contribution in [3.05, 3.63) is 58.7 Å². The number of carbonyl (C=O) groups is 2. The maximum atomic E-state index is 14.4. The summed E-state index contributed by atoms with van der Waals surface area (Å²) in [6.45, 7) is 2.37. The quantitative estimate of drug-likeness (QED) is 0.845. The largest absolute Gasteiger partial charge is 0.465 e. The third-order valence-electron chi connectivity index (χ3n) is 4.10. The number of fused-ring (bicyclic) bond motifs is 1. The van der Waals surface area contributed by atoms with E-state index in [9.17, 15) is 18.4 Å². The molecule has 0 bridgehead atoms. The number of carbonyl (C=O) groups excluding carboxylic acids is 2. The summed E-state index contributed by atoms with van der Waals surface area (Å²) < 4.78 is 32.5. The number of hydrogen-bond acceptors (Lipinski definition) is 3. The van der Waals surface area contributed by atoms with Gasteiger partial charge in [0.15, 0.2) is 5.82 Å². The highest BCUT2D eigenvalue weighted by Crippen LogP contribution is 2.30. The standard InChI is InChI=1S/C18H16F2N2O3/c1-10-3-4-11-7-8-22(14(11)9-10)18(24)21-13-6-5-12(19)15(16(13)20)17(23)25-2/h3-6,9H,7-8H2,1-2H3,(H,21,24). The molecule has 0 unspecified atom stereocenters. The summed E-state index contributed by atoms with van der Waals surface area (Å²) in [6, 6.07) is 7.22. The Morgan fingerprint density at radius 2 is 1.96 bits per heavy atom. The van der Waals surface area contributed by atoms with Crippen LogP contribution in [0.15, 0.2) is 30.3 Å². The molecule has 0 fully saturated rings. The van der Waals surface area contributed by atoms with Crippen molar-refractivity contribution in [1.29, 1.82) is 0 Å². The first-order valence-electron chi connectivity index (χ1n) is 7.66. The minimum atomic E-state index is -1.16. The SMILES string of the molecule is COC(=O)c1c(F)ccc(NC(=O)N2CCc3ccc(C)cc32)c1F. The summed E-state index contributed by atoms with van der Waals surface area (Å²) >= 11 is 0. The van der Waals surface area contributed by atoms with E-state index in [2.05, 4.69) is 10.1 Å². The molecule has 0 spiro atoms. The lowest BCUT2D eigenvalue weighted by Gasteiger charge is -2.19. The monoisotopic (exact) mass is 346 g/mol. The molecule has 2 aromatic rings. The molecule has 130 valence electrons. The van der Waals surface area contributed by atoms with Crippen LogP contribution in [-0.4, -0.2) is 25.7 Å². The van der Waals surface area contributed by atoms with E-state index in [1.807, 2.05) is 25.1 Å². The number of nitrogens with one attached hydrogen (secondary N) is 1. The van der Waals surface area contributed by atoms with Crippen LogP contribution in [0.25, 0.3) is 0 Å². The number of aryl methyl sites for hydroxylation is 1. The number of halogens is 2. The van der Waals surface area contributed by atoms with Crippen molar-refractivity contribution in [1.82, 2.24) is 0 Å². The van der Waals surface area contributed by atoms with Gasteiger partial charge >= 0.3 is 12.0 Å². The Morgan fingerprint density at radius 1 is 1.20 bits per heavy atom. The molecular formula is C18H16F2N2O3. The zero-order valence-corrected chi connectivity index (χ0v) is 13.7. The highest BCUT2D eigenvalue weighted by Gasteiger charge is 2.27. The molecule has 7 heteroatoms. The van der Waals surface area contributed by atoms with Crippen molar-refractivity contribution in [2.75, 3.05) is 23.9 Å². The smallest absolute Gasteiger partial charge is 0.343 e. The van der Waals surface area contributed by atoms with E-state index in [1.54, 1.807) is 0 Å². The fourth-order valence-electron chi connectivity index (χ4n) is 2.82. The second-order valence-electron chi connectivity index (χ2n) is 5.74. The molecule has 0 atom stereocenters. The number of benzene rings is 2. The van der Waals surface area contributed by atoms with Crippen molar-refractivity contribution in [2.24, 2.45) is 0 Å². The topological polar surface area (TPSA) is 58.6 Å². The number of urea groups is 1. The van der Waals surface area contributed by atoms with Crippen molar-refractivity contribution >= 4 is 23.4 Å². The molecule has 0 aliphatic carbocycles. The van der Waals surface area contributed by atoms with Gasteiger partial charge in [-0.25, -0.2) is 18.4 Å². The molecule has 1 aliphatic rings. The van der Waals surface area contributed by atoms with E-state index in [0.29, 0.717) is 13.0 Å². The van der Waals surface area contributed by atoms with Gasteiger partial charge in [-0.05, 0) is 42.7 Å². The molecule has 3 rings (SSSR count). The lowest BCUT2D eigenvalue weighted by molar-refractivity contribution is 0.0590. The molecule has 0 saturated heterocycles. The van der Waals surface area contributed by atoms with Crippen LogP contribution in [0, 0.1) is 18.6 Å². The van der Waals surface area contributed by atoms with Gasteiger partial charge in [-0.15, -0.1) is 0 Å². The Hall–Kier alpha value is -2.96. The van der Waals surface area contributed by atoms with Crippen molar-refractivity contribution in [3.8, 4) is 0 Å². The highest BCUT2D eigenvalue weighted by atomic mass is 19.1. The molecule has 0 aromatic heterocycles. The van der Waals surface area contributed by atoms with E-state index >= 15 is 0 Å². The predicted molar refractivity (Wildman–Crippen MR) is 88.9 cm³/mol. The van der Waals surface area contributed by atoms with E-state index in [-0.39, 0.29) is 5.69 Å². The van der Waals surface area contributed by atoms with Gasteiger partial charge in [0.05, 0.1) is 12.8 Å². The molecule has 2 amide bonds. The van der Waals surface area contributed by atoms with Crippen LogP contribution in [0.1, 0.15) is 21.5 Å². The maximum Gasteiger partial charge on any atom is 0.343 e. The van der Waals surface area contributed by atoms with Gasteiger partial charge in [-0.2, -0.15) is 0 Å². The first-order chi connectivity index (χ1) is 11.9. The van der Waals surface area contributed by atoms with E-state index < -0.39 is 29.2 Å². The molecule has 5 nitrogen and oxygen atoms in total. The lowest BCUT2D eigenvalue weighted by Crippen LogP contribution is -2.33. The van der Waals surface area contributed by atoms with Gasteiger partial charge in [-0.1, -0.05) is 12.1 Å². The van der Waals surface area contributed by atoms with Crippen molar-refractivity contribution in [3.63, 3.8) is 0 Å². The molecular weight excluding hydrogens is 330 g/mol. The Labute approximate surface area is 143 Å². The average molecular weight is 346 g/mol. The minimum Gasteiger partial charge on any atom is -0.465 e. The minimum absolute atomic E-state index is 0.284. The van der Waals surface area contributed by atoms with Crippen LogP contribution < -0.4 is 10.2 Å². The summed E-state index contributed by atoms with van der Waals surface area (Å²) in [6.07, 6.45) is 0.697. The fourth-order valence-corrected chi connectivity index (χ4v) is 2.82. The van der Waals surface area contributed by atoms with E-state index in [1.165, 1.54) is 4.90 Å². The van der Waals surface area contributed by atoms with Crippen molar-refractivity contribution in [2.45, 2.75) is 13.3 Å². The number of ether oxygens (including phenoxy) is 1. The van der Waals surface area contributed by atoms with E-state index in [4.69, 9.17) is 0 Å². The molecule has 0 radical (unpaired) electrons.